The van der Waals surface area contributed by atoms with Gasteiger partial charge in [-0.2, -0.15) is 0 Å². The molecular formula is C15H21F2N5O. The maximum absolute atomic E-state index is 13.8. The molecule has 8 heteroatoms. The van der Waals surface area contributed by atoms with Crippen LogP contribution in [-0.2, 0) is 0 Å². The van der Waals surface area contributed by atoms with Gasteiger partial charge in [0, 0.05) is 50.5 Å². The summed E-state index contributed by atoms with van der Waals surface area (Å²) in [6, 6.07) is -0.173. The Morgan fingerprint density at radius 1 is 1.39 bits per heavy atom. The zero-order valence-electron chi connectivity index (χ0n) is 13.3. The van der Waals surface area contributed by atoms with Gasteiger partial charge >= 0.3 is 0 Å². The summed E-state index contributed by atoms with van der Waals surface area (Å²) in [5.74, 6) is -2.83. The molecule has 0 saturated carbocycles. The highest BCUT2D eigenvalue weighted by Gasteiger charge is 2.50. The average Bonchev–Trinajstić information content (AvgIpc) is 2.72. The molecule has 0 N–H and O–H groups in total. The van der Waals surface area contributed by atoms with Gasteiger partial charge in [-0.25, -0.2) is 13.8 Å². The van der Waals surface area contributed by atoms with Gasteiger partial charge in [0.25, 0.3) is 11.8 Å². The fourth-order valence-electron chi connectivity index (χ4n) is 3.34. The van der Waals surface area contributed by atoms with E-state index in [0.717, 1.165) is 0 Å². The number of likely N-dealkylation sites (tertiary alicyclic amines) is 2. The van der Waals surface area contributed by atoms with E-state index in [9.17, 15) is 13.6 Å². The van der Waals surface area contributed by atoms with E-state index >= 15 is 0 Å². The molecule has 0 radical (unpaired) electrons. The Morgan fingerprint density at radius 3 is 2.74 bits per heavy atom. The number of halogens is 2. The molecule has 0 bridgehead atoms. The van der Waals surface area contributed by atoms with Crippen molar-refractivity contribution in [3.05, 3.63) is 24.3 Å². The van der Waals surface area contributed by atoms with Crippen LogP contribution >= 0.6 is 0 Å². The first-order valence-electron chi connectivity index (χ1n) is 7.69. The van der Waals surface area contributed by atoms with Gasteiger partial charge < -0.3 is 9.80 Å². The third-order valence-corrected chi connectivity index (χ3v) is 4.39. The molecule has 23 heavy (non-hydrogen) atoms. The molecule has 3 rings (SSSR count). The monoisotopic (exact) mass is 325 g/mol. The van der Waals surface area contributed by atoms with Crippen LogP contribution in [0.1, 0.15) is 16.9 Å². The molecule has 1 atom stereocenters. The molecule has 1 unspecified atom stereocenters. The number of nitrogens with zero attached hydrogens (tertiary/aromatic N) is 5. The van der Waals surface area contributed by atoms with E-state index in [1.165, 1.54) is 18.6 Å². The summed E-state index contributed by atoms with van der Waals surface area (Å²) >= 11 is 0. The van der Waals surface area contributed by atoms with E-state index < -0.39 is 5.92 Å². The molecule has 1 aromatic rings. The minimum Gasteiger partial charge on any atom is -0.334 e. The molecule has 126 valence electrons. The van der Waals surface area contributed by atoms with Crippen molar-refractivity contribution in [2.45, 2.75) is 24.4 Å². The molecule has 6 nitrogen and oxygen atoms in total. The second-order valence-corrected chi connectivity index (χ2v) is 6.60. The van der Waals surface area contributed by atoms with Crippen molar-refractivity contribution in [1.29, 1.82) is 0 Å². The highest BCUT2D eigenvalue weighted by molar-refractivity contribution is 5.92. The number of hydrogen-bond acceptors (Lipinski definition) is 5. The Balaban J connectivity index is 1.60. The van der Waals surface area contributed by atoms with Crippen molar-refractivity contribution >= 4 is 5.91 Å². The number of hydrogen-bond donors (Lipinski definition) is 0. The van der Waals surface area contributed by atoms with Crippen molar-refractivity contribution in [3.8, 4) is 0 Å². The lowest BCUT2D eigenvalue weighted by molar-refractivity contribution is -0.0116. The molecule has 2 aliphatic rings. The first-order chi connectivity index (χ1) is 10.9. The van der Waals surface area contributed by atoms with Gasteiger partial charge in [-0.15, -0.1) is 0 Å². The van der Waals surface area contributed by atoms with Crippen molar-refractivity contribution in [2.75, 3.05) is 40.3 Å². The largest absolute Gasteiger partial charge is 0.334 e. The van der Waals surface area contributed by atoms with E-state index in [1.807, 2.05) is 23.9 Å². The first kappa shape index (κ1) is 16.2. The zero-order valence-corrected chi connectivity index (χ0v) is 13.3. The number of amides is 1. The number of aromatic nitrogens is 2. The summed E-state index contributed by atoms with van der Waals surface area (Å²) < 4.78 is 27.6. The smallest absolute Gasteiger partial charge is 0.274 e. The minimum atomic E-state index is -2.64. The summed E-state index contributed by atoms with van der Waals surface area (Å²) in [7, 11) is 3.78. The van der Waals surface area contributed by atoms with E-state index in [1.54, 1.807) is 4.90 Å². The van der Waals surface area contributed by atoms with Crippen LogP contribution < -0.4 is 0 Å². The van der Waals surface area contributed by atoms with Crippen LogP contribution in [0.5, 0.6) is 0 Å². The zero-order chi connectivity index (χ0) is 16.6. The Kier molecular flexibility index (Phi) is 4.29. The summed E-state index contributed by atoms with van der Waals surface area (Å²) in [6.07, 6.45) is 4.29. The van der Waals surface area contributed by atoms with Crippen LogP contribution in [0.25, 0.3) is 0 Å². The Labute approximate surface area is 134 Å². The van der Waals surface area contributed by atoms with Crippen LogP contribution in [0.2, 0.25) is 0 Å². The maximum atomic E-state index is 13.8. The van der Waals surface area contributed by atoms with Crippen LogP contribution in [0.15, 0.2) is 18.6 Å². The lowest BCUT2D eigenvalue weighted by Gasteiger charge is -2.46. The average molecular weight is 325 g/mol. The van der Waals surface area contributed by atoms with E-state index in [-0.39, 0.29) is 31.0 Å². The van der Waals surface area contributed by atoms with Gasteiger partial charge in [-0.3, -0.25) is 14.7 Å². The Hall–Kier alpha value is -1.67. The van der Waals surface area contributed by atoms with Crippen LogP contribution in [0, 0.1) is 0 Å². The second kappa shape index (κ2) is 6.09. The molecular weight excluding hydrogens is 304 g/mol. The third-order valence-electron chi connectivity index (χ3n) is 4.39. The molecule has 1 amide bonds. The van der Waals surface area contributed by atoms with E-state index in [2.05, 4.69) is 9.97 Å². The molecule has 0 spiro atoms. The number of carbonyl (C=O) groups excluding carboxylic acids is 1. The summed E-state index contributed by atoms with van der Waals surface area (Å²) in [6.45, 7) is 1.32. The molecule has 2 saturated heterocycles. The lowest BCUT2D eigenvalue weighted by atomic mass is 10.0. The quantitative estimate of drug-likeness (QED) is 0.810. The van der Waals surface area contributed by atoms with Crippen LogP contribution in [0.4, 0.5) is 8.78 Å². The third kappa shape index (κ3) is 3.48. The number of rotatable bonds is 4. The summed E-state index contributed by atoms with van der Waals surface area (Å²) in [5, 5.41) is 0. The molecule has 3 heterocycles. The first-order valence-corrected chi connectivity index (χ1v) is 7.69. The highest BCUT2D eigenvalue weighted by Crippen LogP contribution is 2.35. The molecule has 2 fully saturated rings. The minimum absolute atomic E-state index is 0.00561. The molecule has 2 aliphatic heterocycles. The second-order valence-electron chi connectivity index (χ2n) is 6.60. The fourth-order valence-corrected chi connectivity index (χ4v) is 3.34. The van der Waals surface area contributed by atoms with Crippen molar-refractivity contribution < 1.29 is 13.6 Å². The van der Waals surface area contributed by atoms with Crippen LogP contribution in [-0.4, -0.2) is 88.9 Å². The Morgan fingerprint density at radius 2 is 2.13 bits per heavy atom. The van der Waals surface area contributed by atoms with Crippen LogP contribution in [0.3, 0.4) is 0 Å². The predicted molar refractivity (Wildman–Crippen MR) is 80.3 cm³/mol. The number of alkyl halides is 2. The maximum Gasteiger partial charge on any atom is 0.274 e. The van der Waals surface area contributed by atoms with Gasteiger partial charge in [-0.05, 0) is 14.1 Å². The molecule has 1 aromatic heterocycles. The van der Waals surface area contributed by atoms with Crippen molar-refractivity contribution in [1.82, 2.24) is 24.7 Å². The number of likely N-dealkylation sites (N-methyl/N-ethyl adjacent to an activating group) is 1. The van der Waals surface area contributed by atoms with Crippen molar-refractivity contribution in [2.24, 2.45) is 0 Å². The Bertz CT molecular complexity index is 562. The summed E-state index contributed by atoms with van der Waals surface area (Å²) in [4.78, 5) is 25.5. The SMILES string of the molecule is CN(C)CC1CC(F)(F)CN1C1CN(C(=O)c2cnccn2)C1. The van der Waals surface area contributed by atoms with Gasteiger partial charge in [0.15, 0.2) is 0 Å². The topological polar surface area (TPSA) is 52.6 Å². The normalized spacial score (nSPS) is 24.9. The standard InChI is InChI=1S/C15H21F2N5O/c1-20(2)7-11-5-15(16,17)10-22(11)12-8-21(9-12)14(23)13-6-18-3-4-19-13/h3-4,6,11-12H,5,7-10H2,1-2H3. The van der Waals surface area contributed by atoms with Gasteiger partial charge in [0.1, 0.15) is 5.69 Å². The van der Waals surface area contributed by atoms with Crippen molar-refractivity contribution in [3.63, 3.8) is 0 Å². The highest BCUT2D eigenvalue weighted by atomic mass is 19.3. The predicted octanol–water partition coefficient (Wildman–Crippen LogP) is 0.572. The summed E-state index contributed by atoms with van der Waals surface area (Å²) in [5.41, 5.74) is 0.294. The molecule has 0 aliphatic carbocycles. The van der Waals surface area contributed by atoms with Gasteiger partial charge in [0.2, 0.25) is 0 Å². The van der Waals surface area contributed by atoms with E-state index in [4.69, 9.17) is 0 Å². The van der Waals surface area contributed by atoms with Gasteiger partial charge in [0.05, 0.1) is 12.7 Å². The van der Waals surface area contributed by atoms with E-state index in [0.29, 0.717) is 25.3 Å². The van der Waals surface area contributed by atoms with Gasteiger partial charge in [-0.1, -0.05) is 0 Å². The molecule has 0 aromatic carbocycles. The lowest BCUT2D eigenvalue weighted by Crippen LogP contribution is -2.63. The number of carbonyl (C=O) groups is 1. The fraction of sp³-hybridized carbons (Fsp3) is 0.667.